The summed E-state index contributed by atoms with van der Waals surface area (Å²) in [5.41, 5.74) is 0. The van der Waals surface area contributed by atoms with Gasteiger partial charge in [-0.2, -0.15) is 0 Å². The number of rotatable bonds is 8. The number of carbonyl (C=O) groups is 1. The number of amides is 1. The molecule has 0 saturated carbocycles. The first-order valence-corrected chi connectivity index (χ1v) is 7.01. The molecule has 6 heteroatoms. The molecule has 0 aliphatic rings. The molecule has 1 amide bonds. The minimum Gasteiger partial charge on any atom is -0.494 e. The summed E-state index contributed by atoms with van der Waals surface area (Å²) in [6, 6.07) is 7.78. The number of thioether (sulfide) groups is 1. The van der Waals surface area contributed by atoms with Gasteiger partial charge in [0.1, 0.15) is 5.75 Å². The second-order valence-electron chi connectivity index (χ2n) is 3.65. The van der Waals surface area contributed by atoms with Gasteiger partial charge in [0.05, 0.1) is 12.4 Å². The minimum atomic E-state index is 0. The lowest BCUT2D eigenvalue weighted by Crippen LogP contribution is -2.31. The van der Waals surface area contributed by atoms with E-state index in [-0.39, 0.29) is 18.3 Å². The van der Waals surface area contributed by atoms with Crippen LogP contribution in [0.2, 0.25) is 0 Å². The van der Waals surface area contributed by atoms with E-state index in [1.165, 1.54) is 11.8 Å². The first-order valence-electron chi connectivity index (χ1n) is 6.03. The summed E-state index contributed by atoms with van der Waals surface area (Å²) in [5, 5.41) is 5.82. The van der Waals surface area contributed by atoms with E-state index >= 15 is 0 Å². The van der Waals surface area contributed by atoms with Crippen LogP contribution in [0.4, 0.5) is 0 Å². The molecule has 0 aliphatic heterocycles. The summed E-state index contributed by atoms with van der Waals surface area (Å²) < 4.78 is 5.36. The van der Waals surface area contributed by atoms with Crippen molar-refractivity contribution in [2.75, 3.05) is 32.5 Å². The Hall–Kier alpha value is -0.910. The van der Waals surface area contributed by atoms with E-state index in [2.05, 4.69) is 10.6 Å². The van der Waals surface area contributed by atoms with Gasteiger partial charge in [-0.15, -0.1) is 24.2 Å². The Labute approximate surface area is 125 Å². The summed E-state index contributed by atoms with van der Waals surface area (Å²) in [6.45, 7) is 4.08. The number of halogens is 1. The molecule has 0 fully saturated rings. The number of likely N-dealkylation sites (N-methyl/N-ethyl adjacent to an activating group) is 1. The van der Waals surface area contributed by atoms with Crippen LogP contribution in [-0.2, 0) is 4.79 Å². The maximum atomic E-state index is 11.5. The van der Waals surface area contributed by atoms with Gasteiger partial charge in [0.15, 0.2) is 0 Å². The van der Waals surface area contributed by atoms with Gasteiger partial charge in [-0.3, -0.25) is 4.79 Å². The molecule has 108 valence electrons. The summed E-state index contributed by atoms with van der Waals surface area (Å²) in [5.74, 6) is 1.36. The van der Waals surface area contributed by atoms with Gasteiger partial charge in [-0.05, 0) is 38.2 Å². The third-order valence-corrected chi connectivity index (χ3v) is 3.21. The zero-order chi connectivity index (χ0) is 13.2. The molecule has 1 aromatic rings. The monoisotopic (exact) mass is 304 g/mol. The summed E-state index contributed by atoms with van der Waals surface area (Å²) >= 11 is 1.53. The average Bonchev–Trinajstić information content (AvgIpc) is 2.39. The Balaban J connectivity index is 0.00000324. The van der Waals surface area contributed by atoms with Crippen LogP contribution in [0.1, 0.15) is 6.92 Å². The van der Waals surface area contributed by atoms with Crippen molar-refractivity contribution in [1.82, 2.24) is 10.6 Å². The smallest absolute Gasteiger partial charge is 0.230 e. The second-order valence-corrected chi connectivity index (χ2v) is 4.70. The fourth-order valence-corrected chi connectivity index (χ4v) is 2.05. The first-order chi connectivity index (χ1) is 8.76. The van der Waals surface area contributed by atoms with E-state index in [1.807, 2.05) is 38.2 Å². The van der Waals surface area contributed by atoms with Crippen molar-refractivity contribution in [3.8, 4) is 5.75 Å². The molecule has 4 nitrogen and oxygen atoms in total. The predicted octanol–water partition coefficient (Wildman–Crippen LogP) is 1.93. The first kappa shape index (κ1) is 18.1. The van der Waals surface area contributed by atoms with Crippen molar-refractivity contribution in [2.24, 2.45) is 0 Å². The zero-order valence-corrected chi connectivity index (χ0v) is 12.9. The molecule has 0 bridgehead atoms. The molecule has 19 heavy (non-hydrogen) atoms. The third-order valence-electron chi connectivity index (χ3n) is 2.20. The summed E-state index contributed by atoms with van der Waals surface area (Å²) in [6.07, 6.45) is 0. The molecule has 0 unspecified atom stereocenters. The Morgan fingerprint density at radius 2 is 1.95 bits per heavy atom. The lowest BCUT2D eigenvalue weighted by molar-refractivity contribution is -0.118. The van der Waals surface area contributed by atoms with Gasteiger partial charge in [0.2, 0.25) is 5.91 Å². The van der Waals surface area contributed by atoms with Gasteiger partial charge in [-0.1, -0.05) is 0 Å². The predicted molar refractivity (Wildman–Crippen MR) is 82.5 cm³/mol. The van der Waals surface area contributed by atoms with Crippen LogP contribution < -0.4 is 15.4 Å². The molecule has 0 heterocycles. The molecule has 0 aliphatic carbocycles. The van der Waals surface area contributed by atoms with Crippen molar-refractivity contribution in [2.45, 2.75) is 11.8 Å². The minimum absolute atomic E-state index is 0. The largest absolute Gasteiger partial charge is 0.494 e. The third kappa shape index (κ3) is 7.97. The fourth-order valence-electron chi connectivity index (χ4n) is 1.33. The van der Waals surface area contributed by atoms with Crippen molar-refractivity contribution in [1.29, 1.82) is 0 Å². The SMILES string of the molecule is CCOc1ccc(SCC(=O)NCCNC)cc1.Cl. The molecule has 1 rings (SSSR count). The molecule has 0 spiro atoms. The molecular weight excluding hydrogens is 284 g/mol. The fraction of sp³-hybridized carbons (Fsp3) is 0.462. The van der Waals surface area contributed by atoms with Crippen molar-refractivity contribution < 1.29 is 9.53 Å². The van der Waals surface area contributed by atoms with Crippen LogP contribution in [0.15, 0.2) is 29.2 Å². The number of ether oxygens (including phenoxy) is 1. The molecule has 0 atom stereocenters. The molecule has 0 radical (unpaired) electrons. The van der Waals surface area contributed by atoms with Crippen LogP contribution in [0.5, 0.6) is 5.75 Å². The lowest BCUT2D eigenvalue weighted by Gasteiger charge is -2.06. The number of nitrogens with one attached hydrogen (secondary N) is 2. The highest BCUT2D eigenvalue weighted by atomic mass is 35.5. The summed E-state index contributed by atoms with van der Waals surface area (Å²) in [4.78, 5) is 12.5. The van der Waals surface area contributed by atoms with Crippen LogP contribution in [0.3, 0.4) is 0 Å². The Morgan fingerprint density at radius 1 is 1.26 bits per heavy atom. The van der Waals surface area contributed by atoms with E-state index in [4.69, 9.17) is 4.74 Å². The summed E-state index contributed by atoms with van der Waals surface area (Å²) in [7, 11) is 1.86. The van der Waals surface area contributed by atoms with Gasteiger partial charge in [0.25, 0.3) is 0 Å². The van der Waals surface area contributed by atoms with E-state index in [0.717, 1.165) is 17.2 Å². The highest BCUT2D eigenvalue weighted by Gasteiger charge is 2.02. The van der Waals surface area contributed by atoms with Crippen LogP contribution in [-0.4, -0.2) is 38.4 Å². The topological polar surface area (TPSA) is 50.4 Å². The Morgan fingerprint density at radius 3 is 2.53 bits per heavy atom. The molecule has 0 saturated heterocycles. The quantitative estimate of drug-likeness (QED) is 0.569. The number of hydrogen-bond acceptors (Lipinski definition) is 4. The molecule has 0 aromatic heterocycles. The van der Waals surface area contributed by atoms with E-state index in [1.54, 1.807) is 0 Å². The van der Waals surface area contributed by atoms with E-state index < -0.39 is 0 Å². The maximum Gasteiger partial charge on any atom is 0.230 e. The van der Waals surface area contributed by atoms with E-state index in [9.17, 15) is 4.79 Å². The van der Waals surface area contributed by atoms with Gasteiger partial charge < -0.3 is 15.4 Å². The van der Waals surface area contributed by atoms with Crippen molar-refractivity contribution >= 4 is 30.1 Å². The van der Waals surface area contributed by atoms with E-state index in [0.29, 0.717) is 18.9 Å². The molecular formula is C13H21ClN2O2S. The highest BCUT2D eigenvalue weighted by molar-refractivity contribution is 8.00. The average molecular weight is 305 g/mol. The van der Waals surface area contributed by atoms with Gasteiger partial charge >= 0.3 is 0 Å². The lowest BCUT2D eigenvalue weighted by atomic mass is 10.3. The Kier molecular flexibility index (Phi) is 10.4. The zero-order valence-electron chi connectivity index (χ0n) is 11.3. The maximum absolute atomic E-state index is 11.5. The second kappa shape index (κ2) is 11.0. The Bertz CT molecular complexity index is 360. The van der Waals surface area contributed by atoms with Crippen molar-refractivity contribution in [3.63, 3.8) is 0 Å². The van der Waals surface area contributed by atoms with Gasteiger partial charge in [-0.25, -0.2) is 0 Å². The highest BCUT2D eigenvalue weighted by Crippen LogP contribution is 2.21. The standard InChI is InChI=1S/C13H20N2O2S.ClH/c1-3-17-11-4-6-12(7-5-11)18-10-13(16)15-9-8-14-2;/h4-7,14H,3,8-10H2,1-2H3,(H,15,16);1H. The number of hydrogen-bond donors (Lipinski definition) is 2. The van der Waals surface area contributed by atoms with Gasteiger partial charge in [0, 0.05) is 18.0 Å². The van der Waals surface area contributed by atoms with Crippen molar-refractivity contribution in [3.05, 3.63) is 24.3 Å². The van der Waals surface area contributed by atoms with Crippen LogP contribution >= 0.6 is 24.2 Å². The number of benzene rings is 1. The molecule has 2 N–H and O–H groups in total. The normalized spacial score (nSPS) is 9.58. The molecule has 1 aromatic carbocycles. The number of carbonyl (C=O) groups excluding carboxylic acids is 1. The van der Waals surface area contributed by atoms with Crippen LogP contribution in [0.25, 0.3) is 0 Å². The van der Waals surface area contributed by atoms with Crippen LogP contribution in [0, 0.1) is 0 Å².